The number of carbonyl (C=O) groups excluding carboxylic acids is 2. The normalized spacial score (nSPS) is 24.4. The van der Waals surface area contributed by atoms with Crippen LogP contribution in [0.2, 0.25) is 0 Å². The van der Waals surface area contributed by atoms with Gasteiger partial charge in [-0.05, 0) is 91.3 Å². The molecule has 5 nitrogen and oxygen atoms in total. The first-order valence-corrected chi connectivity index (χ1v) is 14.3. The van der Waals surface area contributed by atoms with Crippen LogP contribution in [0, 0.1) is 18.3 Å². The minimum Gasteiger partial charge on any atom is -0.497 e. The number of hydrogen-bond acceptors (Lipinski definition) is 3. The van der Waals surface area contributed by atoms with E-state index in [0.717, 1.165) is 68.2 Å². The molecule has 1 saturated carbocycles. The summed E-state index contributed by atoms with van der Waals surface area (Å²) in [7, 11) is 1.67. The van der Waals surface area contributed by atoms with E-state index < -0.39 is 0 Å². The van der Waals surface area contributed by atoms with Crippen LogP contribution in [-0.2, 0) is 11.2 Å². The Hall–Kier alpha value is -3.52. The highest BCUT2D eigenvalue weighted by molar-refractivity contribution is 5.95. The summed E-state index contributed by atoms with van der Waals surface area (Å²) in [4.78, 5) is 28.4. The molecule has 4 rings (SSSR count). The van der Waals surface area contributed by atoms with Crippen LogP contribution in [0.5, 0.6) is 5.75 Å². The summed E-state index contributed by atoms with van der Waals surface area (Å²) in [6, 6.07) is 13.4. The van der Waals surface area contributed by atoms with E-state index in [1.807, 2.05) is 41.3 Å². The third-order valence-corrected chi connectivity index (χ3v) is 8.53. The van der Waals surface area contributed by atoms with Crippen molar-refractivity contribution in [2.75, 3.05) is 7.11 Å². The van der Waals surface area contributed by atoms with Crippen molar-refractivity contribution in [3.05, 3.63) is 76.9 Å². The number of amides is 2. The third kappa shape index (κ3) is 6.06. The average Bonchev–Trinajstić information content (AvgIpc) is 2.93. The lowest BCUT2D eigenvalue weighted by Gasteiger charge is -2.43. The Labute approximate surface area is 234 Å². The molecule has 2 aliphatic rings. The topological polar surface area (TPSA) is 58.6 Å². The number of carbonyl (C=O) groups is 2. The summed E-state index contributed by atoms with van der Waals surface area (Å²) in [5.41, 5.74) is 4.71. The summed E-state index contributed by atoms with van der Waals surface area (Å²) < 4.78 is 5.51. The molecule has 1 heterocycles. The molecule has 4 atom stereocenters. The fourth-order valence-corrected chi connectivity index (χ4v) is 6.68. The number of benzene rings is 2. The molecule has 2 aromatic carbocycles. The van der Waals surface area contributed by atoms with E-state index in [9.17, 15) is 9.59 Å². The quantitative estimate of drug-likeness (QED) is 0.311. The van der Waals surface area contributed by atoms with Crippen LogP contribution in [0.25, 0.3) is 0 Å². The number of unbranched alkanes of at least 4 members (excludes halogenated alkanes) is 1. The van der Waals surface area contributed by atoms with Gasteiger partial charge in [0, 0.05) is 17.1 Å². The van der Waals surface area contributed by atoms with Crippen molar-refractivity contribution in [3.8, 4) is 18.1 Å². The predicted octanol–water partition coefficient (Wildman–Crippen LogP) is 6.62. The molecule has 0 spiro atoms. The summed E-state index contributed by atoms with van der Waals surface area (Å²) >= 11 is 0. The predicted molar refractivity (Wildman–Crippen MR) is 157 cm³/mol. The van der Waals surface area contributed by atoms with Gasteiger partial charge in [0.1, 0.15) is 5.75 Å². The molecule has 1 N–H and O–H groups in total. The van der Waals surface area contributed by atoms with Crippen LogP contribution < -0.4 is 10.1 Å². The van der Waals surface area contributed by atoms with E-state index in [2.05, 4.69) is 44.7 Å². The van der Waals surface area contributed by atoms with Crippen LogP contribution in [0.1, 0.15) is 98.8 Å². The van der Waals surface area contributed by atoms with Gasteiger partial charge in [-0.2, -0.15) is 0 Å². The van der Waals surface area contributed by atoms with Gasteiger partial charge in [-0.1, -0.05) is 64.0 Å². The molecule has 0 aromatic heterocycles. The molecule has 0 bridgehead atoms. The molecule has 5 heteroatoms. The second-order valence-electron chi connectivity index (χ2n) is 11.5. The van der Waals surface area contributed by atoms with E-state index >= 15 is 0 Å². The minimum atomic E-state index is -0.327. The first-order valence-electron chi connectivity index (χ1n) is 14.3. The van der Waals surface area contributed by atoms with Crippen molar-refractivity contribution in [2.24, 2.45) is 5.92 Å². The Balaban J connectivity index is 1.67. The molecule has 1 fully saturated rings. The summed E-state index contributed by atoms with van der Waals surface area (Å²) in [5.74, 6) is 3.30. The number of nitrogens with one attached hydrogen (secondary N) is 1. The zero-order valence-corrected chi connectivity index (χ0v) is 23.9. The summed E-state index contributed by atoms with van der Waals surface area (Å²) in [6.07, 6.45) is 13.0. The zero-order valence-electron chi connectivity index (χ0n) is 23.9. The Morgan fingerprint density at radius 3 is 2.54 bits per heavy atom. The molecular formula is C34H42N2O3. The minimum absolute atomic E-state index is 0.00751. The van der Waals surface area contributed by atoms with Crippen LogP contribution in [0.4, 0.5) is 0 Å². The lowest BCUT2D eigenvalue weighted by molar-refractivity contribution is -0.130. The van der Waals surface area contributed by atoms with Gasteiger partial charge >= 0.3 is 0 Å². The van der Waals surface area contributed by atoms with E-state index in [0.29, 0.717) is 11.5 Å². The Morgan fingerprint density at radius 2 is 1.92 bits per heavy atom. The SMILES string of the molecule is C#CC(=O)N1[C@@H](CCCC)Cc2cc(OC)ccc2[C@@H]1c1ccc(C(=O)NC2(CC)CC(=C)CC(C)C2)cc1. The highest BCUT2D eigenvalue weighted by Crippen LogP contribution is 2.41. The van der Waals surface area contributed by atoms with Crippen LogP contribution in [0.3, 0.4) is 0 Å². The van der Waals surface area contributed by atoms with E-state index in [-0.39, 0.29) is 29.4 Å². The molecule has 1 aliphatic heterocycles. The molecule has 0 radical (unpaired) electrons. The zero-order chi connectivity index (χ0) is 28.2. The van der Waals surface area contributed by atoms with E-state index in [1.54, 1.807) is 7.11 Å². The van der Waals surface area contributed by atoms with Gasteiger partial charge in [-0.3, -0.25) is 9.59 Å². The maximum Gasteiger partial charge on any atom is 0.299 e. The van der Waals surface area contributed by atoms with Crippen molar-refractivity contribution < 1.29 is 14.3 Å². The van der Waals surface area contributed by atoms with Gasteiger partial charge in [-0.25, -0.2) is 0 Å². The highest BCUT2D eigenvalue weighted by Gasteiger charge is 2.39. The summed E-state index contributed by atoms with van der Waals surface area (Å²) in [6.45, 7) is 10.7. The first kappa shape index (κ1) is 28.5. The maximum absolute atomic E-state index is 13.4. The Bertz CT molecular complexity index is 1260. The maximum atomic E-state index is 13.4. The smallest absolute Gasteiger partial charge is 0.299 e. The fraction of sp³-hybridized carbons (Fsp3) is 0.471. The van der Waals surface area contributed by atoms with Crippen LogP contribution in [0.15, 0.2) is 54.6 Å². The number of ether oxygens (including phenoxy) is 1. The molecule has 1 aliphatic carbocycles. The van der Waals surface area contributed by atoms with Crippen molar-refractivity contribution in [1.82, 2.24) is 10.2 Å². The molecule has 39 heavy (non-hydrogen) atoms. The van der Waals surface area contributed by atoms with Crippen LogP contribution >= 0.6 is 0 Å². The number of rotatable bonds is 8. The number of methoxy groups -OCH3 is 1. The van der Waals surface area contributed by atoms with Gasteiger partial charge in [0.2, 0.25) is 0 Å². The lowest BCUT2D eigenvalue weighted by atomic mass is 9.73. The molecule has 206 valence electrons. The van der Waals surface area contributed by atoms with Crippen molar-refractivity contribution in [1.29, 1.82) is 0 Å². The highest BCUT2D eigenvalue weighted by atomic mass is 16.5. The van der Waals surface area contributed by atoms with E-state index in [1.165, 1.54) is 11.1 Å². The van der Waals surface area contributed by atoms with Crippen LogP contribution in [-0.4, -0.2) is 35.4 Å². The Kier molecular flexibility index (Phi) is 8.85. The Morgan fingerprint density at radius 1 is 1.18 bits per heavy atom. The lowest BCUT2D eigenvalue weighted by Crippen LogP contribution is -2.51. The van der Waals surface area contributed by atoms with Gasteiger partial charge in [0.05, 0.1) is 13.2 Å². The largest absolute Gasteiger partial charge is 0.497 e. The monoisotopic (exact) mass is 526 g/mol. The van der Waals surface area contributed by atoms with E-state index in [4.69, 9.17) is 11.2 Å². The molecule has 0 saturated heterocycles. The summed E-state index contributed by atoms with van der Waals surface area (Å²) in [5, 5.41) is 3.35. The number of hydrogen-bond donors (Lipinski definition) is 1. The van der Waals surface area contributed by atoms with Gasteiger partial charge in [0.15, 0.2) is 0 Å². The van der Waals surface area contributed by atoms with Gasteiger partial charge in [-0.15, -0.1) is 6.42 Å². The molecule has 2 amide bonds. The third-order valence-electron chi connectivity index (χ3n) is 8.53. The number of terminal acetylenes is 1. The molecular weight excluding hydrogens is 484 g/mol. The molecule has 2 unspecified atom stereocenters. The van der Waals surface area contributed by atoms with Crippen molar-refractivity contribution in [3.63, 3.8) is 0 Å². The van der Waals surface area contributed by atoms with Crippen molar-refractivity contribution in [2.45, 2.75) is 89.8 Å². The number of fused-ring (bicyclic) bond motifs is 1. The van der Waals surface area contributed by atoms with Crippen molar-refractivity contribution >= 4 is 11.8 Å². The average molecular weight is 527 g/mol. The van der Waals surface area contributed by atoms with Gasteiger partial charge < -0.3 is 15.0 Å². The first-order chi connectivity index (χ1) is 18.7. The molecule has 2 aromatic rings. The van der Waals surface area contributed by atoms with Gasteiger partial charge in [0.25, 0.3) is 11.8 Å². The fourth-order valence-electron chi connectivity index (χ4n) is 6.68. The standard InChI is InChI=1S/C34H42N2O3/c1-7-10-11-28-19-27-20-29(39-6)16-17-30(27)32(36(28)31(37)8-2)25-12-14-26(15-13-25)33(38)35-34(9-3)21-23(4)18-24(5)22-34/h2,12-17,20,24,28,32H,4,7,9-11,18-19,21-22H2,1,3,5-6H3,(H,35,38)/t24?,28-,32-,34?/m0/s1. The second-order valence-corrected chi connectivity index (χ2v) is 11.5. The second kappa shape index (κ2) is 12.1. The number of nitrogens with zero attached hydrogens (tertiary/aromatic N) is 1.